The second-order valence-electron chi connectivity index (χ2n) is 4.47. The molecule has 0 unspecified atom stereocenters. The zero-order chi connectivity index (χ0) is 15.4. The maximum Gasteiger partial charge on any atom is 0.338 e. The monoisotopic (exact) mass is 368 g/mol. The highest BCUT2D eigenvalue weighted by Crippen LogP contribution is 2.32. The van der Waals surface area contributed by atoms with E-state index in [1.807, 2.05) is 25.1 Å². The Labute approximate surface area is 137 Å². The summed E-state index contributed by atoms with van der Waals surface area (Å²) in [7, 11) is 1.36. The molecule has 0 heterocycles. The molecule has 0 saturated heterocycles. The van der Waals surface area contributed by atoms with E-state index in [0.717, 1.165) is 15.6 Å². The molecule has 2 rings (SSSR count). The summed E-state index contributed by atoms with van der Waals surface area (Å²) in [6.45, 7) is 2.16. The number of aryl methyl sites for hydroxylation is 1. The van der Waals surface area contributed by atoms with Gasteiger partial charge >= 0.3 is 5.97 Å². The summed E-state index contributed by atoms with van der Waals surface area (Å²) < 4.78 is 11.4. The van der Waals surface area contributed by atoms with E-state index >= 15 is 0 Å². The van der Waals surface area contributed by atoms with Crippen LogP contribution < -0.4 is 4.74 Å². The lowest BCUT2D eigenvalue weighted by Gasteiger charge is -2.13. The van der Waals surface area contributed by atoms with Crippen LogP contribution in [0.2, 0.25) is 5.02 Å². The molecular weight excluding hydrogens is 356 g/mol. The van der Waals surface area contributed by atoms with Crippen molar-refractivity contribution in [1.29, 1.82) is 0 Å². The first-order chi connectivity index (χ1) is 10.0. The predicted molar refractivity (Wildman–Crippen MR) is 86.0 cm³/mol. The van der Waals surface area contributed by atoms with Crippen molar-refractivity contribution < 1.29 is 14.3 Å². The number of carbonyl (C=O) groups excluding carboxylic acids is 1. The van der Waals surface area contributed by atoms with Crippen molar-refractivity contribution >= 4 is 33.5 Å². The van der Waals surface area contributed by atoms with Crippen molar-refractivity contribution in [2.45, 2.75) is 13.5 Å². The van der Waals surface area contributed by atoms with Crippen molar-refractivity contribution in [3.63, 3.8) is 0 Å². The molecule has 21 heavy (non-hydrogen) atoms. The van der Waals surface area contributed by atoms with Crippen LogP contribution in [0.15, 0.2) is 40.9 Å². The zero-order valence-electron chi connectivity index (χ0n) is 11.7. The van der Waals surface area contributed by atoms with Gasteiger partial charge in [0.25, 0.3) is 0 Å². The summed E-state index contributed by atoms with van der Waals surface area (Å²) in [5.41, 5.74) is 2.17. The van der Waals surface area contributed by atoms with Gasteiger partial charge in [0.15, 0.2) is 0 Å². The maximum atomic E-state index is 11.7. The van der Waals surface area contributed by atoms with E-state index in [0.29, 0.717) is 16.3 Å². The number of hydrogen-bond donors (Lipinski definition) is 0. The van der Waals surface area contributed by atoms with E-state index in [2.05, 4.69) is 15.9 Å². The van der Waals surface area contributed by atoms with Gasteiger partial charge in [0.1, 0.15) is 12.4 Å². The first-order valence-corrected chi connectivity index (χ1v) is 7.44. The molecule has 3 nitrogen and oxygen atoms in total. The highest BCUT2D eigenvalue weighted by atomic mass is 79.9. The largest absolute Gasteiger partial charge is 0.487 e. The molecule has 2 aromatic carbocycles. The van der Waals surface area contributed by atoms with Crippen LogP contribution >= 0.6 is 27.5 Å². The highest BCUT2D eigenvalue weighted by Gasteiger charge is 2.13. The van der Waals surface area contributed by atoms with E-state index in [1.54, 1.807) is 18.2 Å². The van der Waals surface area contributed by atoms with Gasteiger partial charge in [-0.25, -0.2) is 4.79 Å². The van der Waals surface area contributed by atoms with Crippen LogP contribution in [-0.4, -0.2) is 13.1 Å². The van der Waals surface area contributed by atoms with E-state index < -0.39 is 0 Å². The number of esters is 1. The van der Waals surface area contributed by atoms with Gasteiger partial charge in [-0.05, 0) is 30.7 Å². The van der Waals surface area contributed by atoms with Crippen molar-refractivity contribution in [3.8, 4) is 5.75 Å². The first kappa shape index (κ1) is 15.9. The van der Waals surface area contributed by atoms with Gasteiger partial charge in [-0.1, -0.05) is 45.7 Å². The van der Waals surface area contributed by atoms with Gasteiger partial charge in [0.05, 0.1) is 17.7 Å². The topological polar surface area (TPSA) is 35.5 Å². The zero-order valence-corrected chi connectivity index (χ0v) is 14.0. The third-order valence-electron chi connectivity index (χ3n) is 2.99. The number of ether oxygens (including phenoxy) is 2. The molecule has 0 saturated carbocycles. The van der Waals surface area contributed by atoms with Gasteiger partial charge in [-0.15, -0.1) is 0 Å². The summed E-state index contributed by atoms with van der Waals surface area (Å²) in [4.78, 5) is 11.7. The third-order valence-corrected chi connectivity index (χ3v) is 3.73. The number of halogens is 2. The van der Waals surface area contributed by atoms with Gasteiger partial charge in [0.2, 0.25) is 0 Å². The summed E-state index contributed by atoms with van der Waals surface area (Å²) in [5, 5.41) is 0.525. The van der Waals surface area contributed by atoms with E-state index in [1.165, 1.54) is 7.11 Å². The number of benzene rings is 2. The summed E-state index contributed by atoms with van der Waals surface area (Å²) >= 11 is 9.57. The smallest absolute Gasteiger partial charge is 0.338 e. The Morgan fingerprint density at radius 3 is 2.67 bits per heavy atom. The van der Waals surface area contributed by atoms with Gasteiger partial charge in [-0.3, -0.25) is 0 Å². The van der Waals surface area contributed by atoms with Crippen LogP contribution in [0.4, 0.5) is 0 Å². The van der Waals surface area contributed by atoms with Crippen LogP contribution in [0.3, 0.4) is 0 Å². The average molecular weight is 370 g/mol. The van der Waals surface area contributed by atoms with Gasteiger partial charge < -0.3 is 9.47 Å². The SMILES string of the molecule is COC(=O)c1ccccc1COc1c(C)cc(Br)cc1Cl. The van der Waals surface area contributed by atoms with Crippen LogP contribution in [0.25, 0.3) is 0 Å². The molecule has 110 valence electrons. The van der Waals surface area contributed by atoms with Crippen LogP contribution in [0.1, 0.15) is 21.5 Å². The number of carbonyl (C=O) groups is 1. The average Bonchev–Trinajstić information content (AvgIpc) is 2.45. The van der Waals surface area contributed by atoms with Crippen LogP contribution in [0, 0.1) is 6.92 Å². The van der Waals surface area contributed by atoms with Crippen molar-refractivity contribution in [3.05, 3.63) is 62.6 Å². The molecule has 2 aromatic rings. The Morgan fingerprint density at radius 1 is 1.29 bits per heavy atom. The Morgan fingerprint density at radius 2 is 2.00 bits per heavy atom. The van der Waals surface area contributed by atoms with E-state index in [4.69, 9.17) is 21.1 Å². The molecule has 0 fully saturated rings. The molecule has 0 bridgehead atoms. The minimum atomic E-state index is -0.382. The minimum Gasteiger partial charge on any atom is -0.487 e. The molecule has 0 aliphatic heterocycles. The van der Waals surface area contributed by atoms with Gasteiger partial charge in [-0.2, -0.15) is 0 Å². The molecule has 0 amide bonds. The lowest BCUT2D eigenvalue weighted by molar-refractivity contribution is 0.0598. The summed E-state index contributed by atoms with van der Waals surface area (Å²) in [6, 6.07) is 10.9. The second kappa shape index (κ2) is 6.96. The predicted octanol–water partition coefficient (Wildman–Crippen LogP) is 4.78. The van der Waals surface area contributed by atoms with E-state index in [-0.39, 0.29) is 12.6 Å². The quantitative estimate of drug-likeness (QED) is 0.728. The Kier molecular flexibility index (Phi) is 5.26. The second-order valence-corrected chi connectivity index (χ2v) is 5.79. The Balaban J connectivity index is 2.23. The number of methoxy groups -OCH3 is 1. The number of hydrogen-bond acceptors (Lipinski definition) is 3. The fourth-order valence-corrected chi connectivity index (χ4v) is 3.00. The fraction of sp³-hybridized carbons (Fsp3) is 0.188. The lowest BCUT2D eigenvalue weighted by atomic mass is 10.1. The Hall–Kier alpha value is -1.52. The lowest BCUT2D eigenvalue weighted by Crippen LogP contribution is -2.08. The summed E-state index contributed by atoms with van der Waals surface area (Å²) in [5.74, 6) is 0.229. The number of rotatable bonds is 4. The fourth-order valence-electron chi connectivity index (χ4n) is 1.98. The molecule has 0 atom stereocenters. The minimum absolute atomic E-state index is 0.244. The molecule has 0 spiro atoms. The molecule has 0 radical (unpaired) electrons. The van der Waals surface area contributed by atoms with E-state index in [9.17, 15) is 4.79 Å². The maximum absolute atomic E-state index is 11.7. The Bertz CT molecular complexity index is 647. The van der Waals surface area contributed by atoms with Crippen LogP contribution in [0.5, 0.6) is 5.75 Å². The van der Waals surface area contributed by atoms with Crippen molar-refractivity contribution in [2.24, 2.45) is 0 Å². The van der Waals surface area contributed by atoms with Crippen molar-refractivity contribution in [1.82, 2.24) is 0 Å². The summed E-state index contributed by atoms with van der Waals surface area (Å²) in [6.07, 6.45) is 0. The molecule has 0 aliphatic rings. The highest BCUT2D eigenvalue weighted by molar-refractivity contribution is 9.10. The van der Waals surface area contributed by atoms with Crippen LogP contribution in [-0.2, 0) is 11.3 Å². The molecule has 0 N–H and O–H groups in total. The molecule has 0 aliphatic carbocycles. The van der Waals surface area contributed by atoms with Gasteiger partial charge in [0, 0.05) is 10.0 Å². The first-order valence-electron chi connectivity index (χ1n) is 6.27. The van der Waals surface area contributed by atoms with Crippen molar-refractivity contribution in [2.75, 3.05) is 7.11 Å². The standard InChI is InChI=1S/C16H14BrClO3/c1-10-7-12(17)8-14(18)15(10)21-9-11-5-3-4-6-13(11)16(19)20-2/h3-8H,9H2,1-2H3. The normalized spacial score (nSPS) is 10.3. The third kappa shape index (κ3) is 3.77. The molecule has 0 aromatic heterocycles. The molecular formula is C16H14BrClO3. The molecule has 5 heteroatoms.